The fourth-order valence-corrected chi connectivity index (χ4v) is 2.27. The summed E-state index contributed by atoms with van der Waals surface area (Å²) in [5, 5.41) is 6.86. The van der Waals surface area contributed by atoms with Crippen molar-refractivity contribution in [3.63, 3.8) is 0 Å². The van der Waals surface area contributed by atoms with Gasteiger partial charge in [-0.25, -0.2) is 9.97 Å². The molecule has 1 fully saturated rings. The second kappa shape index (κ2) is 6.22. The summed E-state index contributed by atoms with van der Waals surface area (Å²) in [6.45, 7) is 9.69. The van der Waals surface area contributed by atoms with Crippen LogP contribution in [0.3, 0.4) is 0 Å². The van der Waals surface area contributed by atoms with Crippen LogP contribution in [-0.2, 0) is 0 Å². The van der Waals surface area contributed by atoms with Crippen LogP contribution in [0.2, 0.25) is 0 Å². The molecule has 0 bridgehead atoms. The number of rotatable bonds is 7. The van der Waals surface area contributed by atoms with Crippen molar-refractivity contribution in [1.82, 2.24) is 9.97 Å². The number of hydrogen-bond acceptors (Lipinski definition) is 4. The van der Waals surface area contributed by atoms with E-state index in [1.165, 1.54) is 12.8 Å². The van der Waals surface area contributed by atoms with Crippen molar-refractivity contribution in [3.05, 3.63) is 11.9 Å². The summed E-state index contributed by atoms with van der Waals surface area (Å²) in [7, 11) is 0. The SMILES string of the molecule is CCNc1cc(NC(CC)C(C)C)nc(C2CC2)n1. The maximum atomic E-state index is 4.69. The van der Waals surface area contributed by atoms with Gasteiger partial charge in [-0.3, -0.25) is 0 Å². The van der Waals surface area contributed by atoms with Gasteiger partial charge in [0.1, 0.15) is 17.5 Å². The van der Waals surface area contributed by atoms with Gasteiger partial charge in [-0.05, 0) is 32.1 Å². The molecule has 19 heavy (non-hydrogen) atoms. The lowest BCUT2D eigenvalue weighted by atomic mass is 10.0. The highest BCUT2D eigenvalue weighted by Crippen LogP contribution is 2.38. The van der Waals surface area contributed by atoms with Crippen LogP contribution in [0.1, 0.15) is 58.7 Å². The van der Waals surface area contributed by atoms with Crippen molar-refractivity contribution in [2.45, 2.75) is 58.9 Å². The Balaban J connectivity index is 2.17. The van der Waals surface area contributed by atoms with Crippen LogP contribution in [0.25, 0.3) is 0 Å². The van der Waals surface area contributed by atoms with Crippen LogP contribution in [0.4, 0.5) is 11.6 Å². The summed E-state index contributed by atoms with van der Waals surface area (Å²) in [4.78, 5) is 9.29. The van der Waals surface area contributed by atoms with Gasteiger partial charge in [-0.2, -0.15) is 0 Å². The van der Waals surface area contributed by atoms with Crippen LogP contribution < -0.4 is 10.6 Å². The lowest BCUT2D eigenvalue weighted by Crippen LogP contribution is -2.25. The smallest absolute Gasteiger partial charge is 0.136 e. The predicted octanol–water partition coefficient (Wildman–Crippen LogP) is 3.63. The van der Waals surface area contributed by atoms with Gasteiger partial charge in [-0.1, -0.05) is 20.8 Å². The Morgan fingerprint density at radius 1 is 1.21 bits per heavy atom. The zero-order chi connectivity index (χ0) is 13.8. The number of nitrogens with one attached hydrogen (secondary N) is 2. The standard InChI is InChI=1S/C15H26N4/c1-5-12(10(3)4)17-14-9-13(16-6-2)18-15(19-14)11-7-8-11/h9-12H,5-8H2,1-4H3,(H2,16,17,18,19). The number of nitrogens with zero attached hydrogens (tertiary/aromatic N) is 2. The molecule has 2 N–H and O–H groups in total. The zero-order valence-electron chi connectivity index (χ0n) is 12.5. The Morgan fingerprint density at radius 2 is 1.89 bits per heavy atom. The molecular formula is C15H26N4. The fourth-order valence-electron chi connectivity index (χ4n) is 2.27. The molecule has 1 heterocycles. The van der Waals surface area contributed by atoms with E-state index >= 15 is 0 Å². The van der Waals surface area contributed by atoms with Gasteiger partial charge in [0.25, 0.3) is 0 Å². The van der Waals surface area contributed by atoms with Gasteiger partial charge in [0.15, 0.2) is 0 Å². The van der Waals surface area contributed by atoms with E-state index in [1.807, 2.05) is 6.07 Å². The molecule has 0 aliphatic heterocycles. The normalized spacial score (nSPS) is 16.5. The largest absolute Gasteiger partial charge is 0.370 e. The van der Waals surface area contributed by atoms with Crippen molar-refractivity contribution in [2.24, 2.45) is 5.92 Å². The Labute approximate surface area is 116 Å². The lowest BCUT2D eigenvalue weighted by Gasteiger charge is -2.22. The van der Waals surface area contributed by atoms with Gasteiger partial charge in [0.2, 0.25) is 0 Å². The lowest BCUT2D eigenvalue weighted by molar-refractivity contribution is 0.509. The van der Waals surface area contributed by atoms with Crippen LogP contribution in [0.15, 0.2) is 6.07 Å². The van der Waals surface area contributed by atoms with E-state index in [1.54, 1.807) is 0 Å². The van der Waals surface area contributed by atoms with Crippen LogP contribution >= 0.6 is 0 Å². The molecule has 0 spiro atoms. The molecule has 0 saturated heterocycles. The first-order valence-electron chi connectivity index (χ1n) is 7.53. The van der Waals surface area contributed by atoms with Crippen LogP contribution in [-0.4, -0.2) is 22.6 Å². The minimum atomic E-state index is 0.469. The molecule has 0 radical (unpaired) electrons. The molecule has 1 saturated carbocycles. The van der Waals surface area contributed by atoms with Crippen molar-refractivity contribution < 1.29 is 0 Å². The summed E-state index contributed by atoms with van der Waals surface area (Å²) in [5.41, 5.74) is 0. The number of anilines is 2. The number of hydrogen-bond donors (Lipinski definition) is 2. The molecular weight excluding hydrogens is 236 g/mol. The van der Waals surface area contributed by atoms with E-state index in [0.29, 0.717) is 17.9 Å². The summed E-state index contributed by atoms with van der Waals surface area (Å²) >= 11 is 0. The molecule has 4 heteroatoms. The third-order valence-corrected chi connectivity index (χ3v) is 3.62. The van der Waals surface area contributed by atoms with Gasteiger partial charge in [0, 0.05) is 24.6 Å². The highest BCUT2D eigenvalue weighted by Gasteiger charge is 2.27. The van der Waals surface area contributed by atoms with E-state index in [4.69, 9.17) is 0 Å². The average Bonchev–Trinajstić information content (AvgIpc) is 3.20. The highest BCUT2D eigenvalue weighted by molar-refractivity contribution is 5.48. The van der Waals surface area contributed by atoms with Crippen LogP contribution in [0.5, 0.6) is 0 Å². The second-order valence-electron chi connectivity index (χ2n) is 5.70. The quantitative estimate of drug-likeness (QED) is 0.788. The molecule has 1 unspecified atom stereocenters. The van der Waals surface area contributed by atoms with Crippen molar-refractivity contribution >= 4 is 11.6 Å². The molecule has 1 aliphatic rings. The average molecular weight is 262 g/mol. The molecule has 1 aliphatic carbocycles. The summed E-state index contributed by atoms with van der Waals surface area (Å²) < 4.78 is 0. The molecule has 106 valence electrons. The fraction of sp³-hybridized carbons (Fsp3) is 0.733. The highest BCUT2D eigenvalue weighted by atomic mass is 15.1. The maximum absolute atomic E-state index is 4.69. The Bertz CT molecular complexity index is 413. The third-order valence-electron chi connectivity index (χ3n) is 3.62. The summed E-state index contributed by atoms with van der Waals surface area (Å²) in [6, 6.07) is 2.50. The second-order valence-corrected chi connectivity index (χ2v) is 5.70. The van der Waals surface area contributed by atoms with Gasteiger partial charge >= 0.3 is 0 Å². The maximum Gasteiger partial charge on any atom is 0.136 e. The first kappa shape index (κ1) is 14.1. The molecule has 1 aromatic heterocycles. The predicted molar refractivity (Wildman–Crippen MR) is 80.7 cm³/mol. The summed E-state index contributed by atoms with van der Waals surface area (Å²) in [5.74, 6) is 4.10. The number of aromatic nitrogens is 2. The molecule has 0 amide bonds. The van der Waals surface area contributed by atoms with E-state index in [2.05, 4.69) is 48.3 Å². The molecule has 1 atom stereocenters. The van der Waals surface area contributed by atoms with Crippen molar-refractivity contribution in [3.8, 4) is 0 Å². The van der Waals surface area contributed by atoms with E-state index in [0.717, 1.165) is 30.4 Å². The first-order chi connectivity index (χ1) is 9.13. The Kier molecular flexibility index (Phi) is 4.61. The Morgan fingerprint density at radius 3 is 2.42 bits per heavy atom. The van der Waals surface area contributed by atoms with Crippen molar-refractivity contribution in [2.75, 3.05) is 17.2 Å². The third kappa shape index (κ3) is 3.82. The monoisotopic (exact) mass is 262 g/mol. The Hall–Kier alpha value is -1.32. The zero-order valence-corrected chi connectivity index (χ0v) is 12.5. The van der Waals surface area contributed by atoms with E-state index < -0.39 is 0 Å². The molecule has 4 nitrogen and oxygen atoms in total. The minimum absolute atomic E-state index is 0.469. The van der Waals surface area contributed by atoms with Gasteiger partial charge < -0.3 is 10.6 Å². The first-order valence-corrected chi connectivity index (χ1v) is 7.53. The van der Waals surface area contributed by atoms with E-state index in [-0.39, 0.29) is 0 Å². The molecule has 2 rings (SSSR count). The van der Waals surface area contributed by atoms with Crippen molar-refractivity contribution in [1.29, 1.82) is 0 Å². The molecule has 0 aromatic carbocycles. The molecule has 1 aromatic rings. The van der Waals surface area contributed by atoms with Gasteiger partial charge in [-0.15, -0.1) is 0 Å². The van der Waals surface area contributed by atoms with E-state index in [9.17, 15) is 0 Å². The van der Waals surface area contributed by atoms with Gasteiger partial charge in [0.05, 0.1) is 0 Å². The topological polar surface area (TPSA) is 49.8 Å². The minimum Gasteiger partial charge on any atom is -0.370 e. The van der Waals surface area contributed by atoms with Crippen LogP contribution in [0, 0.1) is 5.92 Å². The summed E-state index contributed by atoms with van der Waals surface area (Å²) in [6.07, 6.45) is 3.57.